The Hall–Kier alpha value is -2.27. The first-order valence-electron chi connectivity index (χ1n) is 4.96. The van der Waals surface area contributed by atoms with Gasteiger partial charge in [-0.3, -0.25) is 4.79 Å². The van der Waals surface area contributed by atoms with E-state index >= 15 is 0 Å². The smallest absolute Gasteiger partial charge is 0.315 e. The van der Waals surface area contributed by atoms with Gasteiger partial charge in [-0.25, -0.2) is 0 Å². The van der Waals surface area contributed by atoms with Crippen LogP contribution in [0, 0.1) is 11.8 Å². The Labute approximate surface area is 93.5 Å². The van der Waals surface area contributed by atoms with Crippen LogP contribution in [0.4, 0.5) is 0 Å². The quantitative estimate of drug-likeness (QED) is 0.735. The van der Waals surface area contributed by atoms with Gasteiger partial charge in [0.15, 0.2) is 0 Å². The Morgan fingerprint density at radius 3 is 2.69 bits per heavy atom. The highest BCUT2D eigenvalue weighted by Crippen LogP contribution is 2.17. The third-order valence-corrected chi connectivity index (χ3v) is 2.25. The maximum absolute atomic E-state index is 10.4. The van der Waals surface area contributed by atoms with Gasteiger partial charge in [-0.2, -0.15) is 0 Å². The van der Waals surface area contributed by atoms with Crippen LogP contribution < -0.4 is 0 Å². The first-order valence-corrected chi connectivity index (χ1v) is 4.96. The molecule has 2 nitrogen and oxygen atoms in total. The molecule has 2 aromatic carbocycles. The first kappa shape index (κ1) is 10.3. The topological polar surface area (TPSA) is 37.3 Å². The third kappa shape index (κ3) is 2.21. The zero-order valence-corrected chi connectivity index (χ0v) is 8.60. The molecule has 2 rings (SSSR count). The van der Waals surface area contributed by atoms with Gasteiger partial charge in [0.05, 0.1) is 0 Å². The van der Waals surface area contributed by atoms with Gasteiger partial charge in [-0.15, -0.1) is 0 Å². The molecule has 16 heavy (non-hydrogen) atoms. The van der Waals surface area contributed by atoms with Crippen LogP contribution in [0.2, 0.25) is 0 Å². The molecule has 0 spiro atoms. The largest absolute Gasteiger partial charge is 0.481 e. The summed E-state index contributed by atoms with van der Waals surface area (Å²) in [6.07, 6.45) is -0.122. The molecular weight excluding hydrogens is 200 g/mol. The second-order valence-corrected chi connectivity index (χ2v) is 3.40. The fourth-order valence-electron chi connectivity index (χ4n) is 1.55. The fraction of sp³-hybridized carbons (Fsp3) is 0.0714. The van der Waals surface area contributed by atoms with Crippen molar-refractivity contribution in [1.29, 1.82) is 0 Å². The van der Waals surface area contributed by atoms with Gasteiger partial charge in [0, 0.05) is 5.56 Å². The van der Waals surface area contributed by atoms with Crippen molar-refractivity contribution >= 4 is 16.7 Å². The Morgan fingerprint density at radius 1 is 1.12 bits per heavy atom. The van der Waals surface area contributed by atoms with E-state index in [2.05, 4.69) is 11.8 Å². The van der Waals surface area contributed by atoms with Crippen LogP contribution in [0.3, 0.4) is 0 Å². The molecule has 0 aliphatic carbocycles. The number of benzene rings is 2. The van der Waals surface area contributed by atoms with Crippen molar-refractivity contribution in [2.45, 2.75) is 6.42 Å². The minimum atomic E-state index is -0.896. The highest BCUT2D eigenvalue weighted by Gasteiger charge is 1.96. The molecule has 0 heterocycles. The van der Waals surface area contributed by atoms with Crippen molar-refractivity contribution in [3.8, 4) is 11.8 Å². The van der Waals surface area contributed by atoms with E-state index in [1.807, 2.05) is 42.5 Å². The monoisotopic (exact) mass is 210 g/mol. The van der Waals surface area contributed by atoms with Crippen LogP contribution in [0.25, 0.3) is 10.8 Å². The van der Waals surface area contributed by atoms with Gasteiger partial charge in [-0.05, 0) is 16.8 Å². The van der Waals surface area contributed by atoms with E-state index in [1.165, 1.54) is 0 Å². The molecular formula is C14H10O2. The second kappa shape index (κ2) is 4.50. The summed E-state index contributed by atoms with van der Waals surface area (Å²) >= 11 is 0. The molecule has 0 aromatic heterocycles. The lowest BCUT2D eigenvalue weighted by molar-refractivity contribution is -0.135. The van der Waals surface area contributed by atoms with E-state index in [0.29, 0.717) is 0 Å². The lowest BCUT2D eigenvalue weighted by Crippen LogP contribution is -1.90. The SMILES string of the molecule is O=C(O)CC#Cc1cccc2ccccc12. The number of rotatable bonds is 1. The lowest BCUT2D eigenvalue weighted by atomic mass is 10.1. The molecule has 0 atom stereocenters. The normalized spacial score (nSPS) is 9.50. The molecule has 0 saturated carbocycles. The predicted octanol–water partition coefficient (Wildman–Crippen LogP) is 2.67. The first-order chi connectivity index (χ1) is 7.77. The van der Waals surface area contributed by atoms with Gasteiger partial charge in [0.1, 0.15) is 6.42 Å². The average Bonchev–Trinajstić information content (AvgIpc) is 2.29. The summed E-state index contributed by atoms with van der Waals surface area (Å²) in [6, 6.07) is 13.8. The summed E-state index contributed by atoms with van der Waals surface area (Å²) in [4.78, 5) is 10.4. The molecule has 2 heteroatoms. The Morgan fingerprint density at radius 2 is 1.88 bits per heavy atom. The molecule has 0 aliphatic heterocycles. The van der Waals surface area contributed by atoms with Crippen molar-refractivity contribution in [2.24, 2.45) is 0 Å². The van der Waals surface area contributed by atoms with Gasteiger partial charge in [0.2, 0.25) is 0 Å². The Kier molecular flexibility index (Phi) is 2.88. The van der Waals surface area contributed by atoms with Crippen molar-refractivity contribution in [1.82, 2.24) is 0 Å². The molecule has 0 aliphatic rings. The molecule has 0 amide bonds. The van der Waals surface area contributed by atoms with Crippen LogP contribution in [0.5, 0.6) is 0 Å². The van der Waals surface area contributed by atoms with E-state index < -0.39 is 5.97 Å². The van der Waals surface area contributed by atoms with Gasteiger partial charge >= 0.3 is 5.97 Å². The highest BCUT2D eigenvalue weighted by molar-refractivity contribution is 5.88. The van der Waals surface area contributed by atoms with E-state index in [9.17, 15) is 4.79 Å². The zero-order chi connectivity index (χ0) is 11.4. The molecule has 0 fully saturated rings. The van der Waals surface area contributed by atoms with E-state index in [1.54, 1.807) is 0 Å². The van der Waals surface area contributed by atoms with Crippen molar-refractivity contribution in [2.75, 3.05) is 0 Å². The summed E-state index contributed by atoms with van der Waals surface area (Å²) in [5.41, 5.74) is 0.874. The Bertz CT molecular complexity index is 583. The number of carboxylic acids is 1. The molecule has 78 valence electrons. The van der Waals surface area contributed by atoms with Crippen LogP contribution in [0.15, 0.2) is 42.5 Å². The van der Waals surface area contributed by atoms with Gasteiger partial charge in [0.25, 0.3) is 0 Å². The average molecular weight is 210 g/mol. The van der Waals surface area contributed by atoms with Gasteiger partial charge < -0.3 is 5.11 Å². The van der Waals surface area contributed by atoms with Crippen LogP contribution in [-0.2, 0) is 4.79 Å². The number of aliphatic carboxylic acids is 1. The van der Waals surface area contributed by atoms with E-state index in [4.69, 9.17) is 5.11 Å². The summed E-state index contributed by atoms with van der Waals surface area (Å²) in [6.45, 7) is 0. The molecule has 0 unspecified atom stereocenters. The van der Waals surface area contributed by atoms with Crippen LogP contribution in [-0.4, -0.2) is 11.1 Å². The molecule has 0 radical (unpaired) electrons. The zero-order valence-electron chi connectivity index (χ0n) is 8.60. The maximum Gasteiger partial charge on any atom is 0.315 e. The van der Waals surface area contributed by atoms with Gasteiger partial charge in [-0.1, -0.05) is 48.2 Å². The number of carbonyl (C=O) groups is 1. The fourth-order valence-corrected chi connectivity index (χ4v) is 1.55. The van der Waals surface area contributed by atoms with E-state index in [0.717, 1.165) is 16.3 Å². The van der Waals surface area contributed by atoms with E-state index in [-0.39, 0.29) is 6.42 Å². The standard InChI is InChI=1S/C14H10O2/c15-14(16)10-4-8-12-7-3-6-11-5-1-2-9-13(11)12/h1-3,5-7,9H,10H2,(H,15,16). The maximum atomic E-state index is 10.4. The number of carboxylic acid groups (broad SMARTS) is 1. The number of hydrogen-bond acceptors (Lipinski definition) is 1. The second-order valence-electron chi connectivity index (χ2n) is 3.40. The molecule has 1 N–H and O–H groups in total. The predicted molar refractivity (Wildman–Crippen MR) is 63.1 cm³/mol. The lowest BCUT2D eigenvalue weighted by Gasteiger charge is -1.98. The summed E-state index contributed by atoms with van der Waals surface area (Å²) in [7, 11) is 0. The Balaban J connectivity index is 2.43. The van der Waals surface area contributed by atoms with Crippen molar-refractivity contribution < 1.29 is 9.90 Å². The summed E-state index contributed by atoms with van der Waals surface area (Å²) in [5.74, 6) is 4.64. The number of fused-ring (bicyclic) bond motifs is 1. The minimum Gasteiger partial charge on any atom is -0.481 e. The number of hydrogen-bond donors (Lipinski definition) is 1. The molecule has 2 aromatic rings. The highest BCUT2D eigenvalue weighted by atomic mass is 16.4. The molecule has 0 saturated heterocycles. The van der Waals surface area contributed by atoms with Crippen molar-refractivity contribution in [3.63, 3.8) is 0 Å². The van der Waals surface area contributed by atoms with Crippen LogP contribution >= 0.6 is 0 Å². The third-order valence-electron chi connectivity index (χ3n) is 2.25. The van der Waals surface area contributed by atoms with Crippen LogP contribution in [0.1, 0.15) is 12.0 Å². The van der Waals surface area contributed by atoms with Crippen molar-refractivity contribution in [3.05, 3.63) is 48.0 Å². The summed E-state index contributed by atoms with van der Waals surface area (Å²) in [5, 5.41) is 10.7. The summed E-state index contributed by atoms with van der Waals surface area (Å²) < 4.78 is 0. The molecule has 0 bridgehead atoms. The minimum absolute atomic E-state index is 0.122.